The number of carbonyl (C=O) groups is 1. The quantitative estimate of drug-likeness (QED) is 0.659. The van der Waals surface area contributed by atoms with Crippen LogP contribution in [-0.2, 0) is 10.0 Å². The summed E-state index contributed by atoms with van der Waals surface area (Å²) in [6.45, 7) is 2.65. The number of unbranched alkanes of at least 4 members (excludes halogenated alkanes) is 2. The molecule has 0 saturated carbocycles. The summed E-state index contributed by atoms with van der Waals surface area (Å²) >= 11 is 0. The van der Waals surface area contributed by atoms with Crippen molar-refractivity contribution in [3.8, 4) is 22.8 Å². The van der Waals surface area contributed by atoms with Gasteiger partial charge in [-0.2, -0.15) is 0 Å². The molecule has 0 atom stereocenters. The summed E-state index contributed by atoms with van der Waals surface area (Å²) in [4.78, 5) is 16.4. The summed E-state index contributed by atoms with van der Waals surface area (Å²) in [6.07, 6.45) is 5.58. The number of rotatable bonds is 9. The maximum atomic E-state index is 12.2. The first-order valence-corrected chi connectivity index (χ1v) is 10.5. The molecule has 2 rings (SSSR count). The molecule has 8 heteroatoms. The van der Waals surface area contributed by atoms with Crippen LogP contribution < -0.4 is 14.2 Å². The molecular weight excluding hydrogens is 368 g/mol. The number of sulfonamides is 1. The third-order valence-electron chi connectivity index (χ3n) is 3.78. The maximum absolute atomic E-state index is 12.2. The summed E-state index contributed by atoms with van der Waals surface area (Å²) in [6, 6.07) is 8.32. The van der Waals surface area contributed by atoms with Gasteiger partial charge < -0.3 is 9.47 Å². The molecule has 27 heavy (non-hydrogen) atoms. The van der Waals surface area contributed by atoms with Crippen molar-refractivity contribution in [3.05, 3.63) is 42.1 Å². The van der Waals surface area contributed by atoms with Crippen molar-refractivity contribution in [1.82, 2.24) is 9.71 Å². The van der Waals surface area contributed by atoms with E-state index in [1.165, 1.54) is 13.2 Å². The minimum absolute atomic E-state index is 0.197. The Labute approximate surface area is 159 Å². The fourth-order valence-corrected chi connectivity index (χ4v) is 2.98. The number of aromatic nitrogens is 1. The van der Waals surface area contributed by atoms with E-state index in [2.05, 4.69) is 11.9 Å². The van der Waals surface area contributed by atoms with Crippen molar-refractivity contribution in [3.63, 3.8) is 0 Å². The Morgan fingerprint density at radius 1 is 1.19 bits per heavy atom. The summed E-state index contributed by atoms with van der Waals surface area (Å²) in [5, 5.41) is 0. The number of carbonyl (C=O) groups excluding carboxylic acids is 1. The molecule has 0 radical (unpaired) electrons. The van der Waals surface area contributed by atoms with Crippen LogP contribution in [0.4, 0.5) is 0 Å². The number of nitrogens with one attached hydrogen (secondary N) is 1. The Bertz CT molecular complexity index is 897. The van der Waals surface area contributed by atoms with Crippen LogP contribution >= 0.6 is 0 Å². The molecular formula is C19H24N2O5S. The number of amides is 1. The lowest BCUT2D eigenvalue weighted by Gasteiger charge is -2.15. The van der Waals surface area contributed by atoms with Gasteiger partial charge in [-0.05, 0) is 36.8 Å². The predicted molar refractivity (Wildman–Crippen MR) is 104 cm³/mol. The molecule has 1 N–H and O–H groups in total. The topological polar surface area (TPSA) is 94.6 Å². The molecule has 1 aromatic heterocycles. The summed E-state index contributed by atoms with van der Waals surface area (Å²) in [5.41, 5.74) is 1.46. The third-order valence-corrected chi connectivity index (χ3v) is 4.34. The monoisotopic (exact) mass is 392 g/mol. The molecule has 7 nitrogen and oxygen atoms in total. The van der Waals surface area contributed by atoms with E-state index >= 15 is 0 Å². The Balaban J connectivity index is 2.44. The number of ether oxygens (including phenoxy) is 2. The van der Waals surface area contributed by atoms with Gasteiger partial charge in [-0.1, -0.05) is 19.8 Å². The van der Waals surface area contributed by atoms with Gasteiger partial charge in [0.1, 0.15) is 5.75 Å². The maximum Gasteiger partial charge on any atom is 0.264 e. The molecule has 1 heterocycles. The second-order valence-electron chi connectivity index (χ2n) is 6.03. The zero-order valence-corrected chi connectivity index (χ0v) is 16.5. The minimum atomic E-state index is -3.66. The highest BCUT2D eigenvalue weighted by atomic mass is 32.2. The van der Waals surface area contributed by atoms with Gasteiger partial charge in [0, 0.05) is 22.9 Å². The molecule has 0 fully saturated rings. The second kappa shape index (κ2) is 9.36. The van der Waals surface area contributed by atoms with E-state index in [9.17, 15) is 13.2 Å². The largest absolute Gasteiger partial charge is 0.493 e. The van der Waals surface area contributed by atoms with E-state index in [0.29, 0.717) is 29.4 Å². The average molecular weight is 392 g/mol. The number of benzene rings is 1. The first-order chi connectivity index (χ1) is 12.9. The van der Waals surface area contributed by atoms with E-state index < -0.39 is 15.9 Å². The molecule has 0 aliphatic heterocycles. The lowest BCUT2D eigenvalue weighted by atomic mass is 10.0. The van der Waals surface area contributed by atoms with Gasteiger partial charge >= 0.3 is 0 Å². The van der Waals surface area contributed by atoms with Gasteiger partial charge in [0.15, 0.2) is 0 Å². The zero-order valence-electron chi connectivity index (χ0n) is 15.7. The molecule has 0 saturated heterocycles. The van der Waals surface area contributed by atoms with Crippen LogP contribution in [0.25, 0.3) is 11.1 Å². The molecule has 0 aliphatic rings. The van der Waals surface area contributed by atoms with Crippen LogP contribution in [0.5, 0.6) is 11.6 Å². The van der Waals surface area contributed by atoms with Crippen LogP contribution in [0.1, 0.15) is 36.5 Å². The lowest BCUT2D eigenvalue weighted by molar-refractivity contribution is 0.0981. The molecule has 1 amide bonds. The minimum Gasteiger partial charge on any atom is -0.493 e. The smallest absolute Gasteiger partial charge is 0.264 e. The van der Waals surface area contributed by atoms with Crippen molar-refractivity contribution >= 4 is 15.9 Å². The van der Waals surface area contributed by atoms with Gasteiger partial charge in [-0.3, -0.25) is 4.79 Å². The van der Waals surface area contributed by atoms with Crippen LogP contribution in [0.3, 0.4) is 0 Å². The van der Waals surface area contributed by atoms with Gasteiger partial charge in [0.25, 0.3) is 5.91 Å². The first kappa shape index (κ1) is 20.7. The van der Waals surface area contributed by atoms with Gasteiger partial charge in [-0.25, -0.2) is 18.1 Å². The van der Waals surface area contributed by atoms with E-state index in [1.807, 2.05) is 4.72 Å². The Kier molecular flexibility index (Phi) is 7.18. The van der Waals surface area contributed by atoms with Crippen molar-refractivity contribution in [2.45, 2.75) is 26.2 Å². The van der Waals surface area contributed by atoms with Crippen LogP contribution in [0.15, 0.2) is 36.5 Å². The molecule has 0 bridgehead atoms. The van der Waals surface area contributed by atoms with Crippen LogP contribution in [0.2, 0.25) is 0 Å². The SMILES string of the molecule is CCCCCOc1ccc(C(=O)NS(C)(=O)=O)cc1-c1cccnc1OC. The van der Waals surface area contributed by atoms with E-state index in [4.69, 9.17) is 9.47 Å². The molecule has 2 aromatic rings. The average Bonchev–Trinajstić information content (AvgIpc) is 2.64. The number of hydrogen-bond donors (Lipinski definition) is 1. The fourth-order valence-electron chi connectivity index (χ4n) is 2.53. The highest BCUT2D eigenvalue weighted by Crippen LogP contribution is 2.36. The highest BCUT2D eigenvalue weighted by Gasteiger charge is 2.17. The fraction of sp³-hybridized carbons (Fsp3) is 0.368. The standard InChI is InChI=1S/C19H24N2O5S/c1-4-5-6-12-26-17-10-9-14(18(22)21-27(3,23)24)13-16(17)15-8-7-11-20-19(15)25-2/h7-11,13H,4-6,12H2,1-3H3,(H,21,22). The second-order valence-corrected chi connectivity index (χ2v) is 7.78. The normalized spacial score (nSPS) is 11.1. The molecule has 0 spiro atoms. The number of methoxy groups -OCH3 is 1. The highest BCUT2D eigenvalue weighted by molar-refractivity contribution is 7.89. The Morgan fingerprint density at radius 2 is 1.96 bits per heavy atom. The van der Waals surface area contributed by atoms with Crippen molar-refractivity contribution in [2.24, 2.45) is 0 Å². The number of nitrogens with zero attached hydrogens (tertiary/aromatic N) is 1. The van der Waals surface area contributed by atoms with Crippen molar-refractivity contribution in [2.75, 3.05) is 20.0 Å². The Hall–Kier alpha value is -2.61. The first-order valence-electron chi connectivity index (χ1n) is 8.64. The van der Waals surface area contributed by atoms with E-state index in [1.54, 1.807) is 30.5 Å². The van der Waals surface area contributed by atoms with E-state index in [-0.39, 0.29) is 5.56 Å². The summed E-state index contributed by atoms with van der Waals surface area (Å²) in [5.74, 6) is 0.254. The van der Waals surface area contributed by atoms with Crippen LogP contribution in [0, 0.1) is 0 Å². The van der Waals surface area contributed by atoms with Gasteiger partial charge in [0.2, 0.25) is 15.9 Å². The van der Waals surface area contributed by atoms with Crippen molar-refractivity contribution < 1.29 is 22.7 Å². The Morgan fingerprint density at radius 3 is 2.63 bits per heavy atom. The zero-order chi connectivity index (χ0) is 19.9. The van der Waals surface area contributed by atoms with Gasteiger partial charge in [0.05, 0.1) is 20.0 Å². The van der Waals surface area contributed by atoms with Crippen LogP contribution in [-0.4, -0.2) is 39.3 Å². The summed E-state index contributed by atoms with van der Waals surface area (Å²) in [7, 11) is -2.15. The molecule has 146 valence electrons. The predicted octanol–water partition coefficient (Wildman–Crippen LogP) is 3.02. The number of pyridine rings is 1. The molecule has 0 aliphatic carbocycles. The number of hydrogen-bond acceptors (Lipinski definition) is 6. The molecule has 1 aromatic carbocycles. The van der Waals surface area contributed by atoms with Crippen molar-refractivity contribution in [1.29, 1.82) is 0 Å². The van der Waals surface area contributed by atoms with E-state index in [0.717, 1.165) is 25.5 Å². The third kappa shape index (κ3) is 5.96. The van der Waals surface area contributed by atoms with Gasteiger partial charge in [-0.15, -0.1) is 0 Å². The lowest BCUT2D eigenvalue weighted by Crippen LogP contribution is -2.29. The summed E-state index contributed by atoms with van der Waals surface area (Å²) < 4.78 is 35.9. The molecule has 0 unspecified atom stereocenters.